The van der Waals surface area contributed by atoms with Crippen LogP contribution in [0.5, 0.6) is 0 Å². The molecule has 1 amide bonds. The fraction of sp³-hybridized carbons (Fsp3) is 0.182. The molecular weight excluding hydrogens is 208 g/mol. The predicted octanol–water partition coefficient (Wildman–Crippen LogP) is 0.605. The van der Waals surface area contributed by atoms with Crippen LogP contribution in [0.4, 0.5) is 5.69 Å². The van der Waals surface area contributed by atoms with Gasteiger partial charge in [0.2, 0.25) is 0 Å². The van der Waals surface area contributed by atoms with Crippen molar-refractivity contribution in [3.63, 3.8) is 0 Å². The van der Waals surface area contributed by atoms with E-state index in [0.717, 1.165) is 5.01 Å². The van der Waals surface area contributed by atoms with Gasteiger partial charge in [0.05, 0.1) is 12.3 Å². The van der Waals surface area contributed by atoms with Gasteiger partial charge in [0.15, 0.2) is 0 Å². The van der Waals surface area contributed by atoms with Crippen LogP contribution < -0.4 is 5.01 Å². The van der Waals surface area contributed by atoms with Gasteiger partial charge in [-0.3, -0.25) is 9.59 Å². The van der Waals surface area contributed by atoms with E-state index in [4.69, 9.17) is 4.74 Å². The molecule has 16 heavy (non-hydrogen) atoms. The summed E-state index contributed by atoms with van der Waals surface area (Å²) in [5, 5.41) is 5.03. The molecule has 0 fully saturated rings. The molecule has 2 rings (SSSR count). The van der Waals surface area contributed by atoms with Crippen LogP contribution in [0, 0.1) is 0 Å². The van der Waals surface area contributed by atoms with Crippen LogP contribution in [0.3, 0.4) is 0 Å². The molecular formula is C11H10N2O3. The highest BCUT2D eigenvalue weighted by Crippen LogP contribution is 2.18. The standard InChI is InChI=1S/C11H10N2O3/c1-16-7-9-10(14)11(15)13(12-9)8-5-3-2-4-6-8/h2-6H,7H2,1H3. The smallest absolute Gasteiger partial charge is 0.321 e. The molecule has 0 unspecified atom stereocenters. The zero-order valence-corrected chi connectivity index (χ0v) is 8.71. The Morgan fingerprint density at radius 1 is 1.25 bits per heavy atom. The summed E-state index contributed by atoms with van der Waals surface area (Å²) in [6, 6.07) is 8.80. The van der Waals surface area contributed by atoms with Gasteiger partial charge in [0.25, 0.3) is 5.78 Å². The number of benzene rings is 1. The Morgan fingerprint density at radius 3 is 2.56 bits per heavy atom. The Balaban J connectivity index is 2.31. The van der Waals surface area contributed by atoms with Crippen LogP contribution in [-0.4, -0.2) is 31.1 Å². The van der Waals surface area contributed by atoms with Crippen LogP contribution in [0.25, 0.3) is 0 Å². The van der Waals surface area contributed by atoms with Crippen molar-refractivity contribution in [2.75, 3.05) is 18.7 Å². The number of amides is 1. The van der Waals surface area contributed by atoms with Crippen LogP contribution in [0.15, 0.2) is 35.4 Å². The number of carbonyl (C=O) groups is 2. The normalized spacial score (nSPS) is 15.6. The summed E-state index contributed by atoms with van der Waals surface area (Å²) in [6.45, 7) is 0.0495. The van der Waals surface area contributed by atoms with Gasteiger partial charge in [0, 0.05) is 7.11 Å². The Hall–Kier alpha value is -2.01. The molecule has 5 heteroatoms. The molecule has 1 aliphatic rings. The SMILES string of the molecule is COCC1=NN(c2ccccc2)C(=O)C1=O. The van der Waals surface area contributed by atoms with E-state index in [-0.39, 0.29) is 12.3 Å². The van der Waals surface area contributed by atoms with E-state index in [1.54, 1.807) is 24.3 Å². The van der Waals surface area contributed by atoms with E-state index in [2.05, 4.69) is 5.10 Å². The lowest BCUT2D eigenvalue weighted by Crippen LogP contribution is -2.28. The highest BCUT2D eigenvalue weighted by Gasteiger charge is 2.34. The number of anilines is 1. The minimum Gasteiger partial charge on any atom is -0.378 e. The van der Waals surface area contributed by atoms with Crippen molar-refractivity contribution in [3.05, 3.63) is 30.3 Å². The Kier molecular flexibility index (Phi) is 2.78. The number of methoxy groups -OCH3 is 1. The van der Waals surface area contributed by atoms with E-state index < -0.39 is 11.7 Å². The van der Waals surface area contributed by atoms with Crippen molar-refractivity contribution in [2.24, 2.45) is 5.10 Å². The molecule has 5 nitrogen and oxygen atoms in total. The van der Waals surface area contributed by atoms with Gasteiger partial charge in [-0.15, -0.1) is 0 Å². The maximum atomic E-state index is 11.6. The summed E-state index contributed by atoms with van der Waals surface area (Å²) in [5.41, 5.74) is 0.711. The molecule has 0 radical (unpaired) electrons. The molecule has 0 N–H and O–H groups in total. The zero-order valence-electron chi connectivity index (χ0n) is 8.71. The van der Waals surface area contributed by atoms with Crippen molar-refractivity contribution in [1.82, 2.24) is 0 Å². The average molecular weight is 218 g/mol. The summed E-state index contributed by atoms with van der Waals surface area (Å²) >= 11 is 0. The number of hydrazone groups is 1. The molecule has 0 saturated carbocycles. The quantitative estimate of drug-likeness (QED) is 0.698. The lowest BCUT2D eigenvalue weighted by molar-refractivity contribution is -0.131. The molecule has 82 valence electrons. The summed E-state index contributed by atoms with van der Waals surface area (Å²) in [5.74, 6) is -1.25. The molecule has 1 aromatic rings. The van der Waals surface area contributed by atoms with Crippen LogP contribution in [-0.2, 0) is 14.3 Å². The number of Topliss-reactive ketones (excluding diaryl/α,β-unsaturated/α-hetero) is 1. The number of ketones is 1. The topological polar surface area (TPSA) is 59.0 Å². The highest BCUT2D eigenvalue weighted by atomic mass is 16.5. The fourth-order valence-corrected chi connectivity index (χ4v) is 1.41. The molecule has 1 aliphatic heterocycles. The number of hydrogen-bond acceptors (Lipinski definition) is 4. The number of rotatable bonds is 3. The van der Waals surface area contributed by atoms with E-state index >= 15 is 0 Å². The van der Waals surface area contributed by atoms with Gasteiger partial charge in [-0.25, -0.2) is 0 Å². The monoisotopic (exact) mass is 218 g/mol. The third-order valence-corrected chi connectivity index (χ3v) is 2.15. The number of hydrogen-bond donors (Lipinski definition) is 0. The van der Waals surface area contributed by atoms with Crippen LogP contribution in [0.1, 0.15) is 0 Å². The van der Waals surface area contributed by atoms with E-state index in [1.165, 1.54) is 7.11 Å². The summed E-state index contributed by atoms with van der Waals surface area (Å²) in [7, 11) is 1.45. The van der Waals surface area contributed by atoms with Crippen molar-refractivity contribution < 1.29 is 14.3 Å². The molecule has 0 aliphatic carbocycles. The number of ether oxygens (including phenoxy) is 1. The van der Waals surface area contributed by atoms with Crippen molar-refractivity contribution in [3.8, 4) is 0 Å². The second-order valence-corrected chi connectivity index (χ2v) is 3.26. The van der Waals surface area contributed by atoms with E-state index in [1.807, 2.05) is 6.07 Å². The Bertz CT molecular complexity index is 454. The number of carbonyl (C=O) groups excluding carboxylic acids is 2. The molecule has 1 heterocycles. The molecule has 0 bridgehead atoms. The first-order chi connectivity index (χ1) is 7.74. The van der Waals surface area contributed by atoms with Gasteiger partial charge in [-0.1, -0.05) is 18.2 Å². The van der Waals surface area contributed by atoms with Gasteiger partial charge in [0.1, 0.15) is 5.71 Å². The average Bonchev–Trinajstić information content (AvgIpc) is 2.59. The van der Waals surface area contributed by atoms with E-state index in [9.17, 15) is 9.59 Å². The lowest BCUT2D eigenvalue weighted by Gasteiger charge is -2.09. The van der Waals surface area contributed by atoms with Gasteiger partial charge in [-0.05, 0) is 12.1 Å². The van der Waals surface area contributed by atoms with Gasteiger partial charge >= 0.3 is 5.91 Å². The lowest BCUT2D eigenvalue weighted by atomic mass is 10.2. The Morgan fingerprint density at radius 2 is 1.94 bits per heavy atom. The molecule has 0 atom stereocenters. The fourth-order valence-electron chi connectivity index (χ4n) is 1.41. The maximum absolute atomic E-state index is 11.6. The van der Waals surface area contributed by atoms with Gasteiger partial charge in [-0.2, -0.15) is 10.1 Å². The minimum absolute atomic E-state index is 0.0495. The molecule has 0 saturated heterocycles. The summed E-state index contributed by atoms with van der Waals surface area (Å²) in [4.78, 5) is 23.1. The first kappa shape index (κ1) is 10.5. The third kappa shape index (κ3) is 1.72. The van der Waals surface area contributed by atoms with Crippen molar-refractivity contribution in [1.29, 1.82) is 0 Å². The number of para-hydroxylation sites is 1. The van der Waals surface area contributed by atoms with Gasteiger partial charge < -0.3 is 4.74 Å². The van der Waals surface area contributed by atoms with Crippen molar-refractivity contribution >= 4 is 23.1 Å². The Labute approximate surface area is 92.3 Å². The first-order valence-corrected chi connectivity index (χ1v) is 4.74. The zero-order chi connectivity index (χ0) is 11.5. The first-order valence-electron chi connectivity index (χ1n) is 4.74. The minimum atomic E-state index is -0.641. The molecule has 1 aromatic carbocycles. The second-order valence-electron chi connectivity index (χ2n) is 3.26. The van der Waals surface area contributed by atoms with Crippen LogP contribution >= 0.6 is 0 Å². The van der Waals surface area contributed by atoms with Crippen molar-refractivity contribution in [2.45, 2.75) is 0 Å². The van der Waals surface area contributed by atoms with Crippen LogP contribution in [0.2, 0.25) is 0 Å². The molecule has 0 spiro atoms. The largest absolute Gasteiger partial charge is 0.378 e. The summed E-state index contributed by atoms with van der Waals surface area (Å²) in [6.07, 6.45) is 0. The van der Waals surface area contributed by atoms with E-state index in [0.29, 0.717) is 5.69 Å². The maximum Gasteiger partial charge on any atom is 0.321 e. The second kappa shape index (κ2) is 4.24. The molecule has 0 aromatic heterocycles. The number of nitrogens with zero attached hydrogens (tertiary/aromatic N) is 2. The predicted molar refractivity (Wildman–Crippen MR) is 58.2 cm³/mol. The summed E-state index contributed by atoms with van der Waals surface area (Å²) < 4.78 is 4.80. The third-order valence-electron chi connectivity index (χ3n) is 2.15. The highest BCUT2D eigenvalue weighted by molar-refractivity contribution is 6.69.